The SMILES string of the molecule is CCCc1ccc(NC(=O)C(C)(C)Nc2ccccc2C)cc1. The smallest absolute Gasteiger partial charge is 0.249 e. The van der Waals surface area contributed by atoms with Gasteiger partial charge in [0.15, 0.2) is 0 Å². The van der Waals surface area contributed by atoms with Crippen LogP contribution in [0.5, 0.6) is 0 Å². The number of aryl methyl sites for hydroxylation is 2. The summed E-state index contributed by atoms with van der Waals surface area (Å²) in [5.74, 6) is -0.0519. The molecule has 122 valence electrons. The van der Waals surface area contributed by atoms with Crippen molar-refractivity contribution in [1.82, 2.24) is 0 Å². The first-order valence-electron chi connectivity index (χ1n) is 8.16. The van der Waals surface area contributed by atoms with Gasteiger partial charge in [-0.15, -0.1) is 0 Å². The zero-order chi connectivity index (χ0) is 16.9. The zero-order valence-electron chi connectivity index (χ0n) is 14.4. The van der Waals surface area contributed by atoms with Crippen LogP contribution in [0.2, 0.25) is 0 Å². The van der Waals surface area contributed by atoms with Crippen molar-refractivity contribution in [3.05, 3.63) is 59.7 Å². The van der Waals surface area contributed by atoms with Gasteiger partial charge in [0.05, 0.1) is 0 Å². The van der Waals surface area contributed by atoms with Gasteiger partial charge in [-0.05, 0) is 56.5 Å². The maximum absolute atomic E-state index is 12.6. The Hall–Kier alpha value is -2.29. The number of carbonyl (C=O) groups is 1. The molecule has 1 amide bonds. The molecule has 0 radical (unpaired) electrons. The lowest BCUT2D eigenvalue weighted by Crippen LogP contribution is -2.44. The number of rotatable bonds is 6. The molecular formula is C20H26N2O. The van der Waals surface area contributed by atoms with E-state index in [0.717, 1.165) is 29.8 Å². The van der Waals surface area contributed by atoms with Crippen LogP contribution in [-0.2, 0) is 11.2 Å². The lowest BCUT2D eigenvalue weighted by atomic mass is 10.0. The van der Waals surface area contributed by atoms with E-state index < -0.39 is 5.54 Å². The van der Waals surface area contributed by atoms with Gasteiger partial charge in [0, 0.05) is 11.4 Å². The highest BCUT2D eigenvalue weighted by molar-refractivity contribution is 5.99. The molecule has 3 heteroatoms. The van der Waals surface area contributed by atoms with Crippen LogP contribution < -0.4 is 10.6 Å². The standard InChI is InChI=1S/C20H26N2O/c1-5-8-16-11-13-17(14-12-16)21-19(23)20(3,4)22-18-10-7-6-9-15(18)2/h6-7,9-14,22H,5,8H2,1-4H3,(H,21,23). The van der Waals surface area contributed by atoms with Crippen molar-refractivity contribution in [2.24, 2.45) is 0 Å². The molecule has 0 heterocycles. The lowest BCUT2D eigenvalue weighted by Gasteiger charge is -2.27. The Kier molecular flexibility index (Phi) is 5.43. The molecule has 0 aliphatic rings. The second-order valence-electron chi connectivity index (χ2n) is 6.47. The van der Waals surface area contributed by atoms with Crippen LogP contribution in [0.25, 0.3) is 0 Å². The van der Waals surface area contributed by atoms with E-state index >= 15 is 0 Å². The molecule has 2 N–H and O–H groups in total. The minimum Gasteiger partial charge on any atom is -0.371 e. The van der Waals surface area contributed by atoms with Crippen molar-refractivity contribution in [2.75, 3.05) is 10.6 Å². The monoisotopic (exact) mass is 310 g/mol. The molecule has 2 aromatic rings. The summed E-state index contributed by atoms with van der Waals surface area (Å²) in [6.45, 7) is 7.97. The van der Waals surface area contributed by atoms with Crippen molar-refractivity contribution in [3.8, 4) is 0 Å². The summed E-state index contributed by atoms with van der Waals surface area (Å²) in [6.07, 6.45) is 2.19. The van der Waals surface area contributed by atoms with E-state index in [0.29, 0.717) is 0 Å². The van der Waals surface area contributed by atoms with Crippen LogP contribution in [-0.4, -0.2) is 11.4 Å². The fourth-order valence-corrected chi connectivity index (χ4v) is 2.44. The van der Waals surface area contributed by atoms with Crippen LogP contribution in [0, 0.1) is 6.92 Å². The van der Waals surface area contributed by atoms with Crippen LogP contribution in [0.4, 0.5) is 11.4 Å². The van der Waals surface area contributed by atoms with Crippen molar-refractivity contribution in [2.45, 2.75) is 46.1 Å². The van der Waals surface area contributed by atoms with E-state index in [1.807, 2.05) is 57.2 Å². The van der Waals surface area contributed by atoms with E-state index in [-0.39, 0.29) is 5.91 Å². The number of carbonyl (C=O) groups excluding carboxylic acids is 1. The molecule has 0 bridgehead atoms. The quantitative estimate of drug-likeness (QED) is 0.806. The molecule has 0 atom stereocenters. The van der Waals surface area contributed by atoms with Gasteiger partial charge in [-0.2, -0.15) is 0 Å². The van der Waals surface area contributed by atoms with Gasteiger partial charge in [0.1, 0.15) is 5.54 Å². The van der Waals surface area contributed by atoms with Crippen molar-refractivity contribution >= 4 is 17.3 Å². The highest BCUT2D eigenvalue weighted by Crippen LogP contribution is 2.21. The zero-order valence-corrected chi connectivity index (χ0v) is 14.4. The topological polar surface area (TPSA) is 41.1 Å². The maximum atomic E-state index is 12.6. The first kappa shape index (κ1) is 17.1. The molecule has 0 aliphatic heterocycles. The molecular weight excluding hydrogens is 284 g/mol. The number of hydrogen-bond acceptors (Lipinski definition) is 2. The van der Waals surface area contributed by atoms with E-state index in [1.54, 1.807) is 0 Å². The van der Waals surface area contributed by atoms with Crippen LogP contribution in [0.15, 0.2) is 48.5 Å². The number of hydrogen-bond donors (Lipinski definition) is 2. The van der Waals surface area contributed by atoms with Crippen molar-refractivity contribution in [3.63, 3.8) is 0 Å². The summed E-state index contributed by atoms with van der Waals surface area (Å²) in [6, 6.07) is 16.1. The molecule has 2 aromatic carbocycles. The van der Waals surface area contributed by atoms with Gasteiger partial charge in [-0.25, -0.2) is 0 Å². The molecule has 23 heavy (non-hydrogen) atoms. The molecule has 0 spiro atoms. The van der Waals surface area contributed by atoms with Gasteiger partial charge in [-0.1, -0.05) is 43.7 Å². The fraction of sp³-hybridized carbons (Fsp3) is 0.350. The minimum absolute atomic E-state index is 0.0519. The van der Waals surface area contributed by atoms with Crippen LogP contribution >= 0.6 is 0 Å². The van der Waals surface area contributed by atoms with Gasteiger partial charge in [0.25, 0.3) is 0 Å². The lowest BCUT2D eigenvalue weighted by molar-refractivity contribution is -0.119. The molecule has 0 saturated carbocycles. The number of benzene rings is 2. The summed E-state index contributed by atoms with van der Waals surface area (Å²) < 4.78 is 0. The van der Waals surface area contributed by atoms with Crippen LogP contribution in [0.1, 0.15) is 38.3 Å². The Balaban J connectivity index is 2.04. The molecule has 3 nitrogen and oxygen atoms in total. The Labute approximate surface area is 139 Å². The first-order chi connectivity index (χ1) is 10.9. The number of para-hydroxylation sites is 1. The second kappa shape index (κ2) is 7.32. The highest BCUT2D eigenvalue weighted by atomic mass is 16.2. The Morgan fingerprint density at radius 3 is 2.30 bits per heavy atom. The van der Waals surface area contributed by atoms with Crippen LogP contribution in [0.3, 0.4) is 0 Å². The van der Waals surface area contributed by atoms with E-state index in [9.17, 15) is 4.79 Å². The molecule has 2 rings (SSSR count). The summed E-state index contributed by atoms with van der Waals surface area (Å²) >= 11 is 0. The van der Waals surface area contributed by atoms with Crippen molar-refractivity contribution in [1.29, 1.82) is 0 Å². The number of nitrogens with one attached hydrogen (secondary N) is 2. The molecule has 0 saturated heterocycles. The highest BCUT2D eigenvalue weighted by Gasteiger charge is 2.27. The Morgan fingerprint density at radius 1 is 1.04 bits per heavy atom. The molecule has 0 fully saturated rings. The third kappa shape index (κ3) is 4.59. The normalized spacial score (nSPS) is 11.1. The predicted octanol–water partition coefficient (Wildman–Crippen LogP) is 4.78. The van der Waals surface area contributed by atoms with E-state index in [2.05, 4.69) is 29.7 Å². The largest absolute Gasteiger partial charge is 0.371 e. The summed E-state index contributed by atoms with van der Waals surface area (Å²) in [4.78, 5) is 12.6. The Morgan fingerprint density at radius 2 is 1.70 bits per heavy atom. The molecule has 0 unspecified atom stereocenters. The van der Waals surface area contributed by atoms with Crippen molar-refractivity contribution < 1.29 is 4.79 Å². The van der Waals surface area contributed by atoms with Gasteiger partial charge in [-0.3, -0.25) is 4.79 Å². The van der Waals surface area contributed by atoms with E-state index in [1.165, 1.54) is 5.56 Å². The Bertz CT molecular complexity index is 660. The first-order valence-corrected chi connectivity index (χ1v) is 8.16. The molecule has 0 aliphatic carbocycles. The maximum Gasteiger partial charge on any atom is 0.249 e. The summed E-state index contributed by atoms with van der Waals surface area (Å²) in [5, 5.41) is 6.32. The van der Waals surface area contributed by atoms with Gasteiger partial charge >= 0.3 is 0 Å². The third-order valence-corrected chi connectivity index (χ3v) is 3.91. The average molecular weight is 310 g/mol. The average Bonchev–Trinajstić information content (AvgIpc) is 2.51. The minimum atomic E-state index is -0.700. The fourth-order valence-electron chi connectivity index (χ4n) is 2.44. The summed E-state index contributed by atoms with van der Waals surface area (Å²) in [7, 11) is 0. The molecule has 0 aromatic heterocycles. The predicted molar refractivity (Wildman–Crippen MR) is 97.9 cm³/mol. The van der Waals surface area contributed by atoms with E-state index in [4.69, 9.17) is 0 Å². The number of amides is 1. The van der Waals surface area contributed by atoms with Gasteiger partial charge in [0.2, 0.25) is 5.91 Å². The summed E-state index contributed by atoms with van der Waals surface area (Å²) in [5.41, 5.74) is 3.52. The second-order valence-corrected chi connectivity index (χ2v) is 6.47. The third-order valence-electron chi connectivity index (χ3n) is 3.91. The number of anilines is 2. The van der Waals surface area contributed by atoms with Gasteiger partial charge < -0.3 is 10.6 Å².